The molecule has 2 aromatic carbocycles. The third kappa shape index (κ3) is 6.42. The highest BCUT2D eigenvalue weighted by Crippen LogP contribution is 2.21. The molecule has 0 aliphatic carbocycles. The first-order valence-corrected chi connectivity index (χ1v) is 8.53. The van der Waals surface area contributed by atoms with Gasteiger partial charge in [0.1, 0.15) is 11.8 Å². The number of ether oxygens (including phenoxy) is 2. The van der Waals surface area contributed by atoms with Crippen LogP contribution in [-0.2, 0) is 14.3 Å². The smallest absolute Gasteiger partial charge is 0.331 e. The third-order valence-electron chi connectivity index (χ3n) is 3.67. The largest absolute Gasteiger partial charge is 0.479 e. The van der Waals surface area contributed by atoms with E-state index in [-0.39, 0.29) is 12.3 Å². The maximum absolute atomic E-state index is 13.3. The van der Waals surface area contributed by atoms with Gasteiger partial charge in [0, 0.05) is 17.8 Å². The van der Waals surface area contributed by atoms with Crippen LogP contribution in [0.4, 0.5) is 15.8 Å². The van der Waals surface area contributed by atoms with E-state index in [2.05, 4.69) is 5.32 Å². The van der Waals surface area contributed by atoms with Crippen LogP contribution >= 0.6 is 0 Å². The number of nitrogens with one attached hydrogen (secondary N) is 1. The first-order chi connectivity index (χ1) is 14.3. The highest BCUT2D eigenvalue weighted by Gasteiger charge is 2.19. The van der Waals surface area contributed by atoms with E-state index in [1.807, 2.05) is 6.07 Å². The van der Waals surface area contributed by atoms with E-state index in [0.29, 0.717) is 11.3 Å². The van der Waals surface area contributed by atoms with Crippen LogP contribution in [0.15, 0.2) is 48.5 Å². The summed E-state index contributed by atoms with van der Waals surface area (Å²) in [6.45, 7) is 1.24. The maximum atomic E-state index is 13.3. The Morgan fingerprint density at radius 2 is 2.00 bits per heavy atom. The minimum absolute atomic E-state index is 0.00903. The number of anilines is 1. The van der Waals surface area contributed by atoms with Gasteiger partial charge in [-0.25, -0.2) is 4.79 Å². The van der Waals surface area contributed by atoms with E-state index in [0.717, 1.165) is 24.3 Å². The fraction of sp³-hybridized carbons (Fsp3) is 0.150. The second-order valence-electron chi connectivity index (χ2n) is 5.84. The lowest BCUT2D eigenvalue weighted by Gasteiger charge is -2.12. The molecular formula is C20H16FN3O6. The van der Waals surface area contributed by atoms with E-state index in [1.54, 1.807) is 24.3 Å². The second-order valence-corrected chi connectivity index (χ2v) is 5.84. The van der Waals surface area contributed by atoms with Crippen molar-refractivity contribution >= 4 is 29.3 Å². The first kappa shape index (κ1) is 22.0. The standard InChI is InChI=1S/C20H16FN3O6/c1-13(20(26)23-15-5-8-17(21)18(12-15)24(27)28)30-19(25)9-4-14-2-6-16(7-3-14)29-11-10-22/h2-9,12-13H,11H2,1H3,(H,23,26)/b9-4+. The predicted molar refractivity (Wildman–Crippen MR) is 104 cm³/mol. The number of hydrogen-bond acceptors (Lipinski definition) is 7. The molecule has 9 nitrogen and oxygen atoms in total. The zero-order valence-electron chi connectivity index (χ0n) is 15.7. The molecule has 0 saturated heterocycles. The van der Waals surface area contributed by atoms with E-state index < -0.39 is 34.4 Å². The van der Waals surface area contributed by atoms with Crippen molar-refractivity contribution in [3.63, 3.8) is 0 Å². The lowest BCUT2D eigenvalue weighted by atomic mass is 10.2. The molecule has 10 heteroatoms. The number of nitro benzene ring substituents is 1. The molecule has 1 N–H and O–H groups in total. The van der Waals surface area contributed by atoms with Gasteiger partial charge in [0.25, 0.3) is 5.91 Å². The molecule has 1 atom stereocenters. The zero-order valence-corrected chi connectivity index (χ0v) is 15.7. The molecule has 0 spiro atoms. The number of nitro groups is 1. The number of nitrogens with zero attached hydrogens (tertiary/aromatic N) is 2. The number of benzene rings is 2. The van der Waals surface area contributed by atoms with Gasteiger partial charge < -0.3 is 14.8 Å². The van der Waals surface area contributed by atoms with E-state index in [1.165, 1.54) is 13.0 Å². The van der Waals surface area contributed by atoms with Crippen molar-refractivity contribution in [1.29, 1.82) is 5.26 Å². The van der Waals surface area contributed by atoms with Crippen molar-refractivity contribution in [3.05, 3.63) is 70.0 Å². The Morgan fingerprint density at radius 1 is 1.30 bits per heavy atom. The first-order valence-electron chi connectivity index (χ1n) is 8.53. The van der Waals surface area contributed by atoms with Crippen molar-refractivity contribution in [1.82, 2.24) is 0 Å². The number of rotatable bonds is 8. The molecule has 1 amide bonds. The molecular weight excluding hydrogens is 397 g/mol. The lowest BCUT2D eigenvalue weighted by Crippen LogP contribution is -2.29. The molecule has 0 radical (unpaired) electrons. The highest BCUT2D eigenvalue weighted by molar-refractivity contribution is 5.96. The Balaban J connectivity index is 1.91. The summed E-state index contributed by atoms with van der Waals surface area (Å²) >= 11 is 0. The van der Waals surface area contributed by atoms with Crippen LogP contribution in [0.3, 0.4) is 0 Å². The van der Waals surface area contributed by atoms with Crippen molar-refractivity contribution in [3.8, 4) is 11.8 Å². The normalized spacial score (nSPS) is 11.4. The number of hydrogen-bond donors (Lipinski definition) is 1. The van der Waals surface area contributed by atoms with Crippen molar-refractivity contribution in [2.75, 3.05) is 11.9 Å². The van der Waals surface area contributed by atoms with Gasteiger partial charge >= 0.3 is 11.7 Å². The highest BCUT2D eigenvalue weighted by atomic mass is 19.1. The van der Waals surface area contributed by atoms with Crippen molar-refractivity contribution in [2.24, 2.45) is 0 Å². The Labute approximate surface area is 170 Å². The lowest BCUT2D eigenvalue weighted by molar-refractivity contribution is -0.387. The van der Waals surface area contributed by atoms with Gasteiger partial charge in [0.05, 0.1) is 4.92 Å². The van der Waals surface area contributed by atoms with Crippen molar-refractivity contribution < 1.29 is 28.4 Å². The molecule has 30 heavy (non-hydrogen) atoms. The van der Waals surface area contributed by atoms with Crippen LogP contribution in [0, 0.1) is 27.3 Å². The number of amides is 1. The molecule has 154 valence electrons. The van der Waals surface area contributed by atoms with Crippen LogP contribution < -0.4 is 10.1 Å². The summed E-state index contributed by atoms with van der Waals surface area (Å²) in [5.74, 6) is -2.06. The van der Waals surface area contributed by atoms with Gasteiger partial charge in [0.15, 0.2) is 12.7 Å². The zero-order chi connectivity index (χ0) is 22.1. The second kappa shape index (κ2) is 10.3. The Hall–Kier alpha value is -4.26. The molecule has 2 aromatic rings. The number of carbonyl (C=O) groups is 2. The average Bonchev–Trinajstić information content (AvgIpc) is 2.72. The van der Waals surface area contributed by atoms with Gasteiger partial charge in [-0.15, -0.1) is 0 Å². The molecule has 2 rings (SSSR count). The molecule has 0 aliphatic heterocycles. The summed E-state index contributed by atoms with van der Waals surface area (Å²) in [6, 6.07) is 11.3. The summed E-state index contributed by atoms with van der Waals surface area (Å²) in [4.78, 5) is 33.8. The number of esters is 1. The van der Waals surface area contributed by atoms with E-state index >= 15 is 0 Å². The van der Waals surface area contributed by atoms with Gasteiger partial charge in [-0.3, -0.25) is 14.9 Å². The summed E-state index contributed by atoms with van der Waals surface area (Å²) in [6.07, 6.45) is 1.38. The van der Waals surface area contributed by atoms with Crippen LogP contribution in [0.25, 0.3) is 6.08 Å². The van der Waals surface area contributed by atoms with Gasteiger partial charge in [-0.1, -0.05) is 12.1 Å². The van der Waals surface area contributed by atoms with Crippen LogP contribution in [0.1, 0.15) is 12.5 Å². The predicted octanol–water partition coefficient (Wildman–Crippen LogP) is 3.22. The van der Waals surface area contributed by atoms with Gasteiger partial charge in [-0.05, 0) is 42.8 Å². The summed E-state index contributed by atoms with van der Waals surface area (Å²) in [7, 11) is 0. The molecule has 0 fully saturated rings. The summed E-state index contributed by atoms with van der Waals surface area (Å²) in [5, 5.41) is 21.5. The Bertz CT molecular complexity index is 1010. The Morgan fingerprint density at radius 3 is 2.63 bits per heavy atom. The SMILES string of the molecule is CC(OC(=O)/C=C/c1ccc(OCC#N)cc1)C(=O)Nc1ccc(F)c([N+](=O)[O-])c1. The number of nitriles is 1. The van der Waals surface area contributed by atoms with Gasteiger partial charge in [0.2, 0.25) is 5.82 Å². The van der Waals surface area contributed by atoms with E-state index in [9.17, 15) is 24.1 Å². The van der Waals surface area contributed by atoms with Gasteiger partial charge in [-0.2, -0.15) is 9.65 Å². The van der Waals surface area contributed by atoms with Crippen LogP contribution in [0.5, 0.6) is 5.75 Å². The number of halogens is 1. The quantitative estimate of drug-likeness (QED) is 0.304. The minimum Gasteiger partial charge on any atom is -0.479 e. The third-order valence-corrected chi connectivity index (χ3v) is 3.67. The fourth-order valence-corrected chi connectivity index (χ4v) is 2.20. The summed E-state index contributed by atoms with van der Waals surface area (Å²) < 4.78 is 23.4. The van der Waals surface area contributed by atoms with E-state index in [4.69, 9.17) is 14.7 Å². The summed E-state index contributed by atoms with van der Waals surface area (Å²) in [5.41, 5.74) is -0.137. The molecule has 0 heterocycles. The maximum Gasteiger partial charge on any atom is 0.331 e. The Kier molecular flexibility index (Phi) is 7.59. The number of carbonyl (C=O) groups excluding carboxylic acids is 2. The van der Waals surface area contributed by atoms with Crippen LogP contribution in [-0.4, -0.2) is 29.5 Å². The fourth-order valence-electron chi connectivity index (χ4n) is 2.20. The monoisotopic (exact) mass is 413 g/mol. The van der Waals surface area contributed by atoms with Crippen molar-refractivity contribution in [2.45, 2.75) is 13.0 Å². The molecule has 0 aliphatic rings. The van der Waals surface area contributed by atoms with Crippen LogP contribution in [0.2, 0.25) is 0 Å². The average molecular weight is 413 g/mol. The molecule has 0 bridgehead atoms. The topological polar surface area (TPSA) is 132 Å². The molecule has 1 unspecified atom stereocenters. The molecule has 0 saturated carbocycles. The minimum atomic E-state index is -1.20. The molecule has 0 aromatic heterocycles.